The summed E-state index contributed by atoms with van der Waals surface area (Å²) in [6, 6.07) is 4.56. The standard InChI is InChI=1S/C13H18Cl2N2O2/c1-3-13(19,4-2)8-16-12(18)17-10-7-5-6-9(14)11(10)15/h5-7,19H,3-4,8H2,1-2H3,(H2,16,17,18). The minimum atomic E-state index is -0.879. The van der Waals surface area contributed by atoms with Gasteiger partial charge in [0.25, 0.3) is 0 Å². The molecule has 0 aliphatic carbocycles. The van der Waals surface area contributed by atoms with E-state index in [4.69, 9.17) is 23.2 Å². The Morgan fingerprint density at radius 1 is 1.32 bits per heavy atom. The highest BCUT2D eigenvalue weighted by Gasteiger charge is 2.22. The minimum Gasteiger partial charge on any atom is -0.388 e. The molecular weight excluding hydrogens is 287 g/mol. The molecule has 0 radical (unpaired) electrons. The molecule has 0 atom stereocenters. The maximum Gasteiger partial charge on any atom is 0.319 e. The van der Waals surface area contributed by atoms with Crippen molar-refractivity contribution in [1.82, 2.24) is 5.32 Å². The molecule has 6 heteroatoms. The molecule has 1 aromatic carbocycles. The lowest BCUT2D eigenvalue weighted by Gasteiger charge is -2.25. The first kappa shape index (κ1) is 16.1. The second-order valence-corrected chi connectivity index (χ2v) is 5.13. The van der Waals surface area contributed by atoms with Gasteiger partial charge in [-0.25, -0.2) is 4.79 Å². The van der Waals surface area contributed by atoms with Crippen molar-refractivity contribution in [2.45, 2.75) is 32.3 Å². The van der Waals surface area contributed by atoms with Crippen molar-refractivity contribution in [3.8, 4) is 0 Å². The van der Waals surface area contributed by atoms with Gasteiger partial charge in [0, 0.05) is 6.54 Å². The molecule has 1 rings (SSSR count). The molecule has 0 aromatic heterocycles. The molecular formula is C13H18Cl2N2O2. The van der Waals surface area contributed by atoms with Gasteiger partial charge in [-0.05, 0) is 25.0 Å². The van der Waals surface area contributed by atoms with Gasteiger partial charge in [0.1, 0.15) is 0 Å². The van der Waals surface area contributed by atoms with Crippen molar-refractivity contribution in [2.75, 3.05) is 11.9 Å². The van der Waals surface area contributed by atoms with Crippen molar-refractivity contribution in [3.63, 3.8) is 0 Å². The fraction of sp³-hybridized carbons (Fsp3) is 0.462. The maximum absolute atomic E-state index is 11.7. The fourth-order valence-electron chi connectivity index (χ4n) is 1.51. The summed E-state index contributed by atoms with van der Waals surface area (Å²) in [6.45, 7) is 3.93. The number of hydrogen-bond donors (Lipinski definition) is 3. The molecule has 1 aromatic rings. The number of amides is 2. The van der Waals surface area contributed by atoms with Crippen LogP contribution in [0.5, 0.6) is 0 Å². The van der Waals surface area contributed by atoms with Crippen LogP contribution in [0.4, 0.5) is 10.5 Å². The number of aliphatic hydroxyl groups is 1. The quantitative estimate of drug-likeness (QED) is 0.777. The minimum absolute atomic E-state index is 0.185. The largest absolute Gasteiger partial charge is 0.388 e. The number of benzene rings is 1. The Bertz CT molecular complexity index is 448. The van der Waals surface area contributed by atoms with Gasteiger partial charge in [0.05, 0.1) is 21.3 Å². The average molecular weight is 305 g/mol. The van der Waals surface area contributed by atoms with Crippen LogP contribution in [0.25, 0.3) is 0 Å². The Labute approximate surface area is 123 Å². The van der Waals surface area contributed by atoms with Gasteiger partial charge >= 0.3 is 6.03 Å². The molecule has 2 amide bonds. The summed E-state index contributed by atoms with van der Waals surface area (Å²) in [5.74, 6) is 0. The van der Waals surface area contributed by atoms with E-state index in [2.05, 4.69) is 10.6 Å². The Morgan fingerprint density at radius 2 is 1.95 bits per heavy atom. The summed E-state index contributed by atoms with van der Waals surface area (Å²) in [6.07, 6.45) is 1.14. The third kappa shape index (κ3) is 4.56. The Hall–Kier alpha value is -0.970. The van der Waals surface area contributed by atoms with Crippen LogP contribution in [0.1, 0.15) is 26.7 Å². The molecule has 19 heavy (non-hydrogen) atoms. The Kier molecular flexibility index (Phi) is 5.91. The first-order chi connectivity index (χ1) is 8.91. The molecule has 0 saturated carbocycles. The van der Waals surface area contributed by atoms with Crippen molar-refractivity contribution < 1.29 is 9.90 Å². The van der Waals surface area contributed by atoms with Crippen LogP contribution >= 0.6 is 23.2 Å². The van der Waals surface area contributed by atoms with E-state index < -0.39 is 11.6 Å². The van der Waals surface area contributed by atoms with E-state index in [0.717, 1.165) is 0 Å². The number of carbonyl (C=O) groups excluding carboxylic acids is 1. The van der Waals surface area contributed by atoms with Gasteiger partial charge in [0.15, 0.2) is 0 Å². The highest BCUT2D eigenvalue weighted by Crippen LogP contribution is 2.29. The molecule has 3 N–H and O–H groups in total. The SMILES string of the molecule is CCC(O)(CC)CNC(=O)Nc1cccc(Cl)c1Cl. The van der Waals surface area contributed by atoms with Crippen LogP contribution in [-0.4, -0.2) is 23.3 Å². The first-order valence-corrected chi connectivity index (χ1v) is 6.88. The van der Waals surface area contributed by atoms with Crippen LogP contribution in [-0.2, 0) is 0 Å². The first-order valence-electron chi connectivity index (χ1n) is 6.13. The number of anilines is 1. The van der Waals surface area contributed by atoms with E-state index >= 15 is 0 Å². The van der Waals surface area contributed by atoms with Crippen molar-refractivity contribution in [3.05, 3.63) is 28.2 Å². The second-order valence-electron chi connectivity index (χ2n) is 4.34. The molecule has 4 nitrogen and oxygen atoms in total. The average Bonchev–Trinajstić information content (AvgIpc) is 2.41. The van der Waals surface area contributed by atoms with Gasteiger partial charge < -0.3 is 15.7 Å². The maximum atomic E-state index is 11.7. The zero-order chi connectivity index (χ0) is 14.5. The van der Waals surface area contributed by atoms with Crippen LogP contribution in [0, 0.1) is 0 Å². The van der Waals surface area contributed by atoms with Gasteiger partial charge in [0.2, 0.25) is 0 Å². The third-order valence-corrected chi connectivity index (χ3v) is 3.91. The lowest BCUT2D eigenvalue weighted by Crippen LogP contribution is -2.43. The summed E-state index contributed by atoms with van der Waals surface area (Å²) in [5, 5.41) is 15.9. The number of rotatable bonds is 5. The van der Waals surface area contributed by atoms with Gasteiger partial charge in [-0.3, -0.25) is 0 Å². The monoisotopic (exact) mass is 304 g/mol. The zero-order valence-electron chi connectivity index (χ0n) is 11.0. The van der Waals surface area contributed by atoms with Crippen LogP contribution in [0.2, 0.25) is 10.0 Å². The van der Waals surface area contributed by atoms with E-state index in [-0.39, 0.29) is 6.54 Å². The van der Waals surface area contributed by atoms with E-state index in [1.807, 2.05) is 13.8 Å². The molecule has 0 saturated heterocycles. The summed E-state index contributed by atoms with van der Waals surface area (Å²) in [4.78, 5) is 11.7. The molecule has 0 heterocycles. The van der Waals surface area contributed by atoms with E-state index in [1.165, 1.54) is 0 Å². The third-order valence-electron chi connectivity index (χ3n) is 3.09. The van der Waals surface area contributed by atoms with Crippen LogP contribution in [0.3, 0.4) is 0 Å². The van der Waals surface area contributed by atoms with Crippen molar-refractivity contribution in [2.24, 2.45) is 0 Å². The van der Waals surface area contributed by atoms with Crippen LogP contribution in [0.15, 0.2) is 18.2 Å². The van der Waals surface area contributed by atoms with Crippen LogP contribution < -0.4 is 10.6 Å². The smallest absolute Gasteiger partial charge is 0.319 e. The summed E-state index contributed by atoms with van der Waals surface area (Å²) >= 11 is 11.8. The molecule has 0 unspecified atom stereocenters. The number of urea groups is 1. The molecule has 0 aliphatic heterocycles. The van der Waals surface area contributed by atoms with Crippen molar-refractivity contribution in [1.29, 1.82) is 0 Å². The summed E-state index contributed by atoms with van der Waals surface area (Å²) in [5.41, 5.74) is -0.446. The molecule has 0 spiro atoms. The molecule has 106 valence electrons. The number of halogens is 2. The number of nitrogens with one attached hydrogen (secondary N) is 2. The highest BCUT2D eigenvalue weighted by atomic mass is 35.5. The normalized spacial score (nSPS) is 11.2. The highest BCUT2D eigenvalue weighted by molar-refractivity contribution is 6.43. The van der Waals surface area contributed by atoms with Gasteiger partial charge in [-0.2, -0.15) is 0 Å². The fourth-order valence-corrected chi connectivity index (χ4v) is 1.86. The zero-order valence-corrected chi connectivity index (χ0v) is 12.5. The van der Waals surface area contributed by atoms with Gasteiger partial charge in [-0.15, -0.1) is 0 Å². The lowest BCUT2D eigenvalue weighted by molar-refractivity contribution is 0.0354. The number of hydrogen-bond acceptors (Lipinski definition) is 2. The second kappa shape index (κ2) is 6.98. The van der Waals surface area contributed by atoms with Gasteiger partial charge in [-0.1, -0.05) is 43.1 Å². The predicted molar refractivity (Wildman–Crippen MR) is 79.0 cm³/mol. The van der Waals surface area contributed by atoms with E-state index in [1.54, 1.807) is 18.2 Å². The molecule has 0 aliphatic rings. The topological polar surface area (TPSA) is 61.4 Å². The van der Waals surface area contributed by atoms with Crippen molar-refractivity contribution >= 4 is 34.9 Å². The van der Waals surface area contributed by atoms with E-state index in [9.17, 15) is 9.90 Å². The molecule has 0 fully saturated rings. The summed E-state index contributed by atoms with van der Waals surface area (Å²) in [7, 11) is 0. The molecule has 0 bridgehead atoms. The predicted octanol–water partition coefficient (Wildman–Crippen LogP) is 3.67. The lowest BCUT2D eigenvalue weighted by atomic mass is 9.98. The Morgan fingerprint density at radius 3 is 2.53 bits per heavy atom. The summed E-state index contributed by atoms with van der Waals surface area (Å²) < 4.78 is 0. The Balaban J connectivity index is 2.59. The number of carbonyl (C=O) groups is 1. The van der Waals surface area contributed by atoms with E-state index in [0.29, 0.717) is 28.6 Å².